The summed E-state index contributed by atoms with van der Waals surface area (Å²) in [6.07, 6.45) is 4.32. The summed E-state index contributed by atoms with van der Waals surface area (Å²) in [7, 11) is 0. The fourth-order valence-electron chi connectivity index (χ4n) is 2.37. The van der Waals surface area contributed by atoms with E-state index in [2.05, 4.69) is 26.1 Å². The van der Waals surface area contributed by atoms with Crippen molar-refractivity contribution in [3.63, 3.8) is 0 Å². The van der Waals surface area contributed by atoms with Crippen molar-refractivity contribution < 1.29 is 4.79 Å². The molecule has 0 spiro atoms. The fraction of sp³-hybridized carbons (Fsp3) is 0.929. The molecule has 0 bridgehead atoms. The maximum absolute atomic E-state index is 11.8. The van der Waals surface area contributed by atoms with E-state index >= 15 is 0 Å². The lowest BCUT2D eigenvalue weighted by Gasteiger charge is -2.17. The van der Waals surface area contributed by atoms with Crippen molar-refractivity contribution in [2.45, 2.75) is 46.5 Å². The van der Waals surface area contributed by atoms with Gasteiger partial charge in [-0.1, -0.05) is 20.8 Å². The predicted molar refractivity (Wildman–Crippen MR) is 71.5 cm³/mol. The van der Waals surface area contributed by atoms with Crippen molar-refractivity contribution in [3.8, 4) is 0 Å². The summed E-state index contributed by atoms with van der Waals surface area (Å²) in [5.74, 6) is 2.62. The molecule has 1 fully saturated rings. The molecule has 100 valence electrons. The Bertz CT molecular complexity index is 236. The van der Waals surface area contributed by atoms with Crippen LogP contribution in [-0.2, 0) is 4.79 Å². The Balaban J connectivity index is 2.17. The lowest BCUT2D eigenvalue weighted by atomic mass is 9.94. The zero-order chi connectivity index (χ0) is 12.8. The lowest BCUT2D eigenvalue weighted by molar-refractivity contribution is -0.122. The van der Waals surface area contributed by atoms with Crippen molar-refractivity contribution in [2.75, 3.05) is 13.1 Å². The summed E-state index contributed by atoms with van der Waals surface area (Å²) in [6, 6.07) is 0. The quantitative estimate of drug-likeness (QED) is 0.683. The summed E-state index contributed by atoms with van der Waals surface area (Å²) >= 11 is 0. The summed E-state index contributed by atoms with van der Waals surface area (Å²) in [5, 5.41) is 3.05. The minimum Gasteiger partial charge on any atom is -0.356 e. The van der Waals surface area contributed by atoms with Crippen LogP contribution >= 0.6 is 0 Å². The number of rotatable bonds is 8. The molecule has 0 aromatic carbocycles. The van der Waals surface area contributed by atoms with Gasteiger partial charge in [-0.05, 0) is 49.5 Å². The van der Waals surface area contributed by atoms with E-state index in [0.717, 1.165) is 18.9 Å². The van der Waals surface area contributed by atoms with Gasteiger partial charge in [-0.25, -0.2) is 0 Å². The molecule has 1 rings (SSSR count). The normalized spacial score (nSPS) is 19.1. The Morgan fingerprint density at radius 1 is 1.35 bits per heavy atom. The first-order chi connectivity index (χ1) is 8.02. The van der Waals surface area contributed by atoms with Crippen LogP contribution in [-0.4, -0.2) is 19.0 Å². The highest BCUT2D eigenvalue weighted by Gasteiger charge is 2.27. The van der Waals surface area contributed by atoms with Crippen LogP contribution in [0.3, 0.4) is 0 Å². The van der Waals surface area contributed by atoms with Gasteiger partial charge in [-0.15, -0.1) is 0 Å². The van der Waals surface area contributed by atoms with Crippen LogP contribution in [0.4, 0.5) is 0 Å². The lowest BCUT2D eigenvalue weighted by Crippen LogP contribution is -2.32. The van der Waals surface area contributed by atoms with Gasteiger partial charge in [0.25, 0.3) is 0 Å². The molecule has 1 unspecified atom stereocenters. The van der Waals surface area contributed by atoms with Crippen LogP contribution in [0, 0.1) is 23.7 Å². The molecule has 0 aromatic heterocycles. The fourth-order valence-corrected chi connectivity index (χ4v) is 2.37. The van der Waals surface area contributed by atoms with Gasteiger partial charge in [0.05, 0.1) is 0 Å². The molecule has 0 heterocycles. The molecule has 1 saturated carbocycles. The maximum Gasteiger partial charge on any atom is 0.220 e. The SMILES string of the molecule is CC(C)C[C@H](CN)CC(=O)NCC(C)C1CC1. The number of nitrogens with two attached hydrogens (primary N) is 1. The van der Waals surface area contributed by atoms with Gasteiger partial charge in [-0.3, -0.25) is 4.79 Å². The Morgan fingerprint density at radius 2 is 2.00 bits per heavy atom. The highest BCUT2D eigenvalue weighted by Crippen LogP contribution is 2.36. The van der Waals surface area contributed by atoms with Crippen molar-refractivity contribution in [1.29, 1.82) is 0 Å². The minimum absolute atomic E-state index is 0.175. The number of hydrogen-bond donors (Lipinski definition) is 2. The van der Waals surface area contributed by atoms with Gasteiger partial charge in [-0.2, -0.15) is 0 Å². The second-order valence-electron chi connectivity index (χ2n) is 6.05. The number of amides is 1. The van der Waals surface area contributed by atoms with Crippen LogP contribution in [0.5, 0.6) is 0 Å². The first kappa shape index (κ1) is 14.5. The average Bonchev–Trinajstić information content (AvgIpc) is 3.08. The van der Waals surface area contributed by atoms with Crippen LogP contribution in [0.25, 0.3) is 0 Å². The topological polar surface area (TPSA) is 55.1 Å². The molecule has 2 atom stereocenters. The van der Waals surface area contributed by atoms with E-state index in [1.165, 1.54) is 12.8 Å². The largest absolute Gasteiger partial charge is 0.356 e. The average molecular weight is 240 g/mol. The molecule has 17 heavy (non-hydrogen) atoms. The van der Waals surface area contributed by atoms with Crippen molar-refractivity contribution in [2.24, 2.45) is 29.4 Å². The Morgan fingerprint density at radius 3 is 2.47 bits per heavy atom. The molecular formula is C14H28N2O. The second-order valence-corrected chi connectivity index (χ2v) is 6.05. The maximum atomic E-state index is 11.8. The van der Waals surface area contributed by atoms with E-state index in [0.29, 0.717) is 30.7 Å². The van der Waals surface area contributed by atoms with Crippen molar-refractivity contribution in [3.05, 3.63) is 0 Å². The van der Waals surface area contributed by atoms with E-state index in [9.17, 15) is 4.79 Å². The first-order valence-corrected chi connectivity index (χ1v) is 6.99. The molecule has 1 aliphatic rings. The molecule has 3 heteroatoms. The third-order valence-corrected chi connectivity index (χ3v) is 3.66. The number of carbonyl (C=O) groups is 1. The van der Waals surface area contributed by atoms with Gasteiger partial charge in [0.15, 0.2) is 0 Å². The Hall–Kier alpha value is -0.570. The highest BCUT2D eigenvalue weighted by molar-refractivity contribution is 5.76. The van der Waals surface area contributed by atoms with Crippen LogP contribution in [0.2, 0.25) is 0 Å². The third kappa shape index (κ3) is 6.06. The monoisotopic (exact) mass is 240 g/mol. The van der Waals surface area contributed by atoms with E-state index in [-0.39, 0.29) is 5.91 Å². The smallest absolute Gasteiger partial charge is 0.220 e. The summed E-state index contributed by atoms with van der Waals surface area (Å²) in [6.45, 7) is 8.03. The molecule has 0 aromatic rings. The van der Waals surface area contributed by atoms with Gasteiger partial charge in [0.1, 0.15) is 0 Å². The molecule has 0 aliphatic heterocycles. The minimum atomic E-state index is 0.175. The molecule has 1 aliphatic carbocycles. The standard InChI is InChI=1S/C14H28N2O/c1-10(2)6-12(8-15)7-14(17)16-9-11(3)13-4-5-13/h10-13H,4-9,15H2,1-3H3,(H,16,17)/t11?,12-/m0/s1. The highest BCUT2D eigenvalue weighted by atomic mass is 16.1. The van der Waals surface area contributed by atoms with Gasteiger partial charge >= 0.3 is 0 Å². The molecular weight excluding hydrogens is 212 g/mol. The van der Waals surface area contributed by atoms with Crippen molar-refractivity contribution >= 4 is 5.91 Å². The van der Waals surface area contributed by atoms with E-state index in [4.69, 9.17) is 5.73 Å². The molecule has 3 nitrogen and oxygen atoms in total. The van der Waals surface area contributed by atoms with Crippen molar-refractivity contribution in [1.82, 2.24) is 5.32 Å². The number of nitrogens with one attached hydrogen (secondary N) is 1. The second kappa shape index (κ2) is 7.00. The summed E-state index contributed by atoms with van der Waals surface area (Å²) < 4.78 is 0. The van der Waals surface area contributed by atoms with E-state index in [1.54, 1.807) is 0 Å². The van der Waals surface area contributed by atoms with Gasteiger partial charge in [0.2, 0.25) is 5.91 Å². The molecule has 1 amide bonds. The Labute approximate surface area is 106 Å². The summed E-state index contributed by atoms with van der Waals surface area (Å²) in [5.41, 5.74) is 5.70. The first-order valence-electron chi connectivity index (χ1n) is 6.99. The third-order valence-electron chi connectivity index (χ3n) is 3.66. The summed E-state index contributed by atoms with van der Waals surface area (Å²) in [4.78, 5) is 11.8. The molecule has 0 radical (unpaired) electrons. The zero-order valence-electron chi connectivity index (χ0n) is 11.5. The number of hydrogen-bond acceptors (Lipinski definition) is 2. The molecule has 3 N–H and O–H groups in total. The van der Waals surface area contributed by atoms with Crippen LogP contribution in [0.1, 0.15) is 46.5 Å². The number of carbonyl (C=O) groups excluding carboxylic acids is 1. The molecule has 0 saturated heterocycles. The van der Waals surface area contributed by atoms with Crippen LogP contribution in [0.15, 0.2) is 0 Å². The van der Waals surface area contributed by atoms with E-state index < -0.39 is 0 Å². The van der Waals surface area contributed by atoms with Crippen LogP contribution < -0.4 is 11.1 Å². The Kier molecular flexibility index (Phi) is 5.96. The predicted octanol–water partition coefficient (Wildman–Crippen LogP) is 2.16. The van der Waals surface area contributed by atoms with Gasteiger partial charge in [0, 0.05) is 13.0 Å². The van der Waals surface area contributed by atoms with Gasteiger partial charge < -0.3 is 11.1 Å². The zero-order valence-corrected chi connectivity index (χ0v) is 11.5. The van der Waals surface area contributed by atoms with E-state index in [1.807, 2.05) is 0 Å².